The number of esters is 1. The van der Waals surface area contributed by atoms with E-state index >= 15 is 0 Å². The Morgan fingerprint density at radius 3 is 2.00 bits per heavy atom. The average Bonchev–Trinajstić information content (AvgIpc) is 3.64. The lowest BCUT2D eigenvalue weighted by atomic mass is 9.52. The van der Waals surface area contributed by atoms with Crippen molar-refractivity contribution in [3.8, 4) is 11.1 Å². The van der Waals surface area contributed by atoms with Crippen LogP contribution in [0.3, 0.4) is 0 Å². The molecule has 44 heavy (non-hydrogen) atoms. The van der Waals surface area contributed by atoms with Gasteiger partial charge in [0.15, 0.2) is 0 Å². The van der Waals surface area contributed by atoms with Crippen molar-refractivity contribution in [1.82, 2.24) is 4.90 Å². The SMILES string of the molecule is COC(=O)c1cccc(C23CC4(C2)[C@H](CN(Cc2ccc(-c5ccccc5)cc2)[C@@H]4c2ccccc2)C3c2ccccc2)c1. The first-order valence-electron chi connectivity index (χ1n) is 15.8. The molecule has 4 aliphatic rings. The van der Waals surface area contributed by atoms with Crippen LogP contribution in [-0.4, -0.2) is 24.5 Å². The van der Waals surface area contributed by atoms with Crippen molar-refractivity contribution in [2.45, 2.75) is 36.8 Å². The zero-order chi connectivity index (χ0) is 29.7. The van der Waals surface area contributed by atoms with Crippen molar-refractivity contribution in [1.29, 1.82) is 0 Å². The molecule has 4 fully saturated rings. The van der Waals surface area contributed by atoms with Crippen molar-refractivity contribution in [3.63, 3.8) is 0 Å². The third kappa shape index (κ3) is 4.17. The molecule has 218 valence electrons. The molecule has 1 heterocycles. The second-order valence-corrected chi connectivity index (χ2v) is 13.1. The van der Waals surface area contributed by atoms with Gasteiger partial charge in [0, 0.05) is 24.5 Å². The van der Waals surface area contributed by atoms with Crippen molar-refractivity contribution in [2.75, 3.05) is 13.7 Å². The Morgan fingerprint density at radius 1 is 0.727 bits per heavy atom. The number of hydrogen-bond donors (Lipinski definition) is 0. The predicted octanol–water partition coefficient (Wildman–Crippen LogP) is 8.83. The molecule has 3 atom stereocenters. The van der Waals surface area contributed by atoms with Crippen molar-refractivity contribution in [3.05, 3.63) is 167 Å². The number of methoxy groups -OCH3 is 1. The van der Waals surface area contributed by atoms with E-state index < -0.39 is 0 Å². The standard InChI is InChI=1S/C41H37NO2/c1-44-39(43)34-18-11-19-35(24-34)40-27-41(28-40)36(37(40)32-14-7-3-8-15-32)26-42(38(41)33-16-9-4-10-17-33)25-29-20-22-31(23-21-29)30-12-5-2-6-13-30/h2-24,36-38H,25-28H2,1H3/t36-,37?,38-,40?,41?/m1/s1. The lowest BCUT2D eigenvalue weighted by molar-refractivity contribution is 0.0296. The van der Waals surface area contributed by atoms with E-state index in [1.807, 2.05) is 12.1 Å². The quantitative estimate of drug-likeness (QED) is 0.182. The minimum Gasteiger partial charge on any atom is -0.465 e. The topological polar surface area (TPSA) is 29.5 Å². The molecule has 0 N–H and O–H groups in total. The van der Waals surface area contributed by atoms with E-state index in [0.29, 0.717) is 23.4 Å². The molecule has 1 aliphatic heterocycles. The van der Waals surface area contributed by atoms with Crippen LogP contribution in [0.1, 0.15) is 57.4 Å². The van der Waals surface area contributed by atoms with Crippen molar-refractivity contribution >= 4 is 5.97 Å². The molecule has 5 aromatic rings. The third-order valence-corrected chi connectivity index (χ3v) is 10.9. The first-order chi connectivity index (χ1) is 21.6. The first kappa shape index (κ1) is 27.1. The normalized spacial score (nSPS) is 27.0. The van der Waals surface area contributed by atoms with Crippen LogP contribution in [0.2, 0.25) is 0 Å². The molecule has 3 nitrogen and oxygen atoms in total. The van der Waals surface area contributed by atoms with E-state index in [4.69, 9.17) is 4.74 Å². The summed E-state index contributed by atoms with van der Waals surface area (Å²) >= 11 is 0. The Morgan fingerprint density at radius 2 is 1.34 bits per heavy atom. The van der Waals surface area contributed by atoms with Crippen LogP contribution in [0.25, 0.3) is 11.1 Å². The Kier molecular flexibility index (Phi) is 6.53. The maximum Gasteiger partial charge on any atom is 0.337 e. The fourth-order valence-electron chi connectivity index (χ4n) is 9.40. The summed E-state index contributed by atoms with van der Waals surface area (Å²) < 4.78 is 5.12. The number of likely N-dealkylation sites (tertiary alicyclic amines) is 1. The number of rotatable bonds is 7. The largest absolute Gasteiger partial charge is 0.465 e. The average molecular weight is 576 g/mol. The van der Waals surface area contributed by atoms with E-state index in [1.54, 1.807) is 0 Å². The number of carbonyl (C=O) groups is 1. The molecule has 2 bridgehead atoms. The molecule has 5 aromatic carbocycles. The Balaban J connectivity index is 1.18. The van der Waals surface area contributed by atoms with E-state index in [9.17, 15) is 4.79 Å². The monoisotopic (exact) mass is 575 g/mol. The van der Waals surface area contributed by atoms with Gasteiger partial charge in [-0.15, -0.1) is 0 Å². The first-order valence-corrected chi connectivity index (χ1v) is 15.8. The highest BCUT2D eigenvalue weighted by Gasteiger charge is 2.77. The van der Waals surface area contributed by atoms with Crippen molar-refractivity contribution in [2.24, 2.45) is 11.3 Å². The van der Waals surface area contributed by atoms with Crippen LogP contribution in [0, 0.1) is 11.3 Å². The van der Waals surface area contributed by atoms with E-state index in [1.165, 1.54) is 40.5 Å². The van der Waals surface area contributed by atoms with Crippen LogP contribution >= 0.6 is 0 Å². The number of ether oxygens (including phenoxy) is 1. The zero-order valence-corrected chi connectivity index (χ0v) is 25.1. The molecule has 1 unspecified atom stereocenters. The van der Waals surface area contributed by atoms with E-state index in [-0.39, 0.29) is 16.8 Å². The lowest BCUT2D eigenvalue weighted by Crippen LogP contribution is -2.47. The fraction of sp³-hybridized carbons (Fsp3) is 0.244. The summed E-state index contributed by atoms with van der Waals surface area (Å²) in [5.41, 5.74) is 8.81. The highest BCUT2D eigenvalue weighted by atomic mass is 16.5. The van der Waals surface area contributed by atoms with Gasteiger partial charge >= 0.3 is 5.97 Å². The van der Waals surface area contributed by atoms with Crippen LogP contribution in [0.5, 0.6) is 0 Å². The summed E-state index contributed by atoms with van der Waals surface area (Å²) in [6, 6.07) is 50.7. The van der Waals surface area contributed by atoms with Gasteiger partial charge in [0.25, 0.3) is 0 Å². The maximum atomic E-state index is 12.6. The van der Waals surface area contributed by atoms with Gasteiger partial charge in [-0.3, -0.25) is 4.90 Å². The summed E-state index contributed by atoms with van der Waals surface area (Å²) in [5, 5.41) is 0. The highest BCUT2D eigenvalue weighted by molar-refractivity contribution is 5.89. The summed E-state index contributed by atoms with van der Waals surface area (Å²) in [6.45, 7) is 1.98. The third-order valence-electron chi connectivity index (χ3n) is 10.9. The zero-order valence-electron chi connectivity index (χ0n) is 25.1. The predicted molar refractivity (Wildman–Crippen MR) is 175 cm³/mol. The summed E-state index contributed by atoms with van der Waals surface area (Å²) in [6.07, 6.45) is 2.25. The Labute approximate surface area is 260 Å². The van der Waals surface area contributed by atoms with Gasteiger partial charge in [-0.25, -0.2) is 4.79 Å². The number of nitrogens with zero attached hydrogens (tertiary/aromatic N) is 1. The second kappa shape index (κ2) is 10.6. The highest BCUT2D eigenvalue weighted by Crippen LogP contribution is 2.82. The Hall–Kier alpha value is -4.47. The van der Waals surface area contributed by atoms with Gasteiger partial charge in [-0.1, -0.05) is 127 Å². The van der Waals surface area contributed by atoms with Crippen LogP contribution < -0.4 is 0 Å². The second-order valence-electron chi connectivity index (χ2n) is 13.1. The van der Waals surface area contributed by atoms with Gasteiger partial charge in [0.2, 0.25) is 0 Å². The number of benzene rings is 5. The van der Waals surface area contributed by atoms with E-state index in [0.717, 1.165) is 25.9 Å². The van der Waals surface area contributed by atoms with Gasteiger partial charge in [0.05, 0.1) is 12.7 Å². The molecular weight excluding hydrogens is 538 g/mol. The molecule has 0 radical (unpaired) electrons. The molecule has 0 aromatic heterocycles. The molecule has 3 heteroatoms. The molecule has 9 rings (SSSR count). The van der Waals surface area contributed by atoms with Gasteiger partial charge < -0.3 is 4.74 Å². The number of carbonyl (C=O) groups excluding carboxylic acids is 1. The summed E-state index contributed by atoms with van der Waals surface area (Å²) in [7, 11) is 1.46. The number of hydrogen-bond acceptors (Lipinski definition) is 3. The van der Waals surface area contributed by atoms with E-state index in [2.05, 4.69) is 132 Å². The van der Waals surface area contributed by atoms with Crippen LogP contribution in [0.15, 0.2) is 140 Å². The smallest absolute Gasteiger partial charge is 0.337 e. The minimum atomic E-state index is -0.265. The summed E-state index contributed by atoms with van der Waals surface area (Å²) in [4.78, 5) is 15.3. The molecule has 3 saturated carbocycles. The molecule has 1 spiro atoms. The molecular formula is C41H37NO2. The minimum absolute atomic E-state index is 0.00645. The Bertz CT molecular complexity index is 1780. The van der Waals surface area contributed by atoms with Crippen molar-refractivity contribution < 1.29 is 9.53 Å². The molecule has 1 saturated heterocycles. The van der Waals surface area contributed by atoms with Crippen LogP contribution in [-0.2, 0) is 16.7 Å². The van der Waals surface area contributed by atoms with Gasteiger partial charge in [-0.05, 0) is 75.6 Å². The fourth-order valence-corrected chi connectivity index (χ4v) is 9.40. The van der Waals surface area contributed by atoms with Crippen LogP contribution in [0.4, 0.5) is 0 Å². The molecule has 0 amide bonds. The lowest BCUT2D eigenvalue weighted by Gasteiger charge is -2.53. The van der Waals surface area contributed by atoms with Gasteiger partial charge in [-0.2, -0.15) is 0 Å². The molecule has 3 aliphatic carbocycles. The maximum absolute atomic E-state index is 12.6. The summed E-state index contributed by atoms with van der Waals surface area (Å²) in [5.74, 6) is 0.632. The van der Waals surface area contributed by atoms with Gasteiger partial charge in [0.1, 0.15) is 0 Å².